The van der Waals surface area contributed by atoms with Crippen molar-refractivity contribution in [1.82, 2.24) is 9.97 Å². The fraction of sp³-hybridized carbons (Fsp3) is 0.167. The zero-order valence-electron chi connectivity index (χ0n) is 15.3. The Balaban J connectivity index is 1.60. The standard InChI is InChI=1S/C18H19N5O3S2/c1-12-6-7-19-16(8-12)22-18-21-15(11-27-18)10-17(24)20-13-4-3-5-14(9-13)23-28(2,25)26/h3-9,11,23H,10H2,1-2H3,(H,20,24)(H,19,21,22). The number of sulfonamides is 1. The molecular weight excluding hydrogens is 398 g/mol. The lowest BCUT2D eigenvalue weighted by Gasteiger charge is -2.08. The Kier molecular flexibility index (Phi) is 5.90. The number of pyridine rings is 1. The van der Waals surface area contributed by atoms with Crippen LogP contribution in [0.25, 0.3) is 0 Å². The molecule has 28 heavy (non-hydrogen) atoms. The normalized spacial score (nSPS) is 11.1. The number of nitrogens with one attached hydrogen (secondary N) is 3. The molecule has 0 bridgehead atoms. The number of thiazole rings is 1. The molecular formula is C18H19N5O3S2. The highest BCUT2D eigenvalue weighted by Gasteiger charge is 2.10. The molecule has 1 aromatic carbocycles. The van der Waals surface area contributed by atoms with Crippen molar-refractivity contribution < 1.29 is 13.2 Å². The highest BCUT2D eigenvalue weighted by atomic mass is 32.2. The number of aryl methyl sites for hydroxylation is 1. The Morgan fingerprint density at radius 3 is 2.71 bits per heavy atom. The number of carbonyl (C=O) groups excluding carboxylic acids is 1. The summed E-state index contributed by atoms with van der Waals surface area (Å²) in [5.74, 6) is 0.447. The number of aromatic nitrogens is 2. The lowest BCUT2D eigenvalue weighted by Crippen LogP contribution is -2.15. The van der Waals surface area contributed by atoms with E-state index in [1.165, 1.54) is 11.3 Å². The molecule has 3 N–H and O–H groups in total. The minimum absolute atomic E-state index is 0.100. The van der Waals surface area contributed by atoms with Crippen LogP contribution in [0.2, 0.25) is 0 Å². The van der Waals surface area contributed by atoms with Crippen LogP contribution in [0.1, 0.15) is 11.3 Å². The van der Waals surface area contributed by atoms with Gasteiger partial charge in [0, 0.05) is 17.3 Å². The van der Waals surface area contributed by atoms with E-state index in [-0.39, 0.29) is 12.3 Å². The maximum Gasteiger partial charge on any atom is 0.230 e. The first-order chi connectivity index (χ1) is 13.3. The minimum atomic E-state index is -3.38. The van der Waals surface area contributed by atoms with E-state index >= 15 is 0 Å². The SMILES string of the molecule is Cc1ccnc(Nc2nc(CC(=O)Nc3cccc(NS(C)(=O)=O)c3)cs2)c1. The van der Waals surface area contributed by atoms with Gasteiger partial charge in [-0.25, -0.2) is 18.4 Å². The maximum absolute atomic E-state index is 12.3. The van der Waals surface area contributed by atoms with Gasteiger partial charge in [0.25, 0.3) is 0 Å². The van der Waals surface area contributed by atoms with Gasteiger partial charge >= 0.3 is 0 Å². The quantitative estimate of drug-likeness (QED) is 0.544. The van der Waals surface area contributed by atoms with E-state index in [0.29, 0.717) is 28.0 Å². The van der Waals surface area contributed by atoms with E-state index < -0.39 is 10.0 Å². The van der Waals surface area contributed by atoms with Crippen LogP contribution in [0.3, 0.4) is 0 Å². The maximum atomic E-state index is 12.3. The predicted octanol–water partition coefficient (Wildman–Crippen LogP) is 3.14. The van der Waals surface area contributed by atoms with Gasteiger partial charge in [-0.15, -0.1) is 11.3 Å². The molecule has 0 aliphatic heterocycles. The highest BCUT2D eigenvalue weighted by molar-refractivity contribution is 7.92. The van der Waals surface area contributed by atoms with E-state index in [2.05, 4.69) is 25.3 Å². The van der Waals surface area contributed by atoms with Gasteiger partial charge in [0.15, 0.2) is 5.13 Å². The van der Waals surface area contributed by atoms with Crippen LogP contribution in [-0.2, 0) is 21.2 Å². The first-order valence-corrected chi connectivity index (χ1v) is 11.1. The number of amides is 1. The third kappa shape index (κ3) is 6.03. The Morgan fingerprint density at radius 1 is 1.18 bits per heavy atom. The Hall–Kier alpha value is -2.98. The van der Waals surface area contributed by atoms with E-state index in [1.54, 1.807) is 35.8 Å². The lowest BCUT2D eigenvalue weighted by atomic mass is 10.2. The van der Waals surface area contributed by atoms with Gasteiger partial charge < -0.3 is 10.6 Å². The van der Waals surface area contributed by atoms with Crippen LogP contribution in [0.4, 0.5) is 22.3 Å². The van der Waals surface area contributed by atoms with Gasteiger partial charge in [0.05, 0.1) is 24.1 Å². The van der Waals surface area contributed by atoms with Crippen molar-refractivity contribution in [2.24, 2.45) is 0 Å². The van der Waals surface area contributed by atoms with Gasteiger partial charge in [0.1, 0.15) is 5.82 Å². The fourth-order valence-corrected chi connectivity index (χ4v) is 3.68. The number of rotatable bonds is 7. The van der Waals surface area contributed by atoms with Crippen molar-refractivity contribution >= 4 is 49.6 Å². The number of nitrogens with zero attached hydrogens (tertiary/aromatic N) is 2. The monoisotopic (exact) mass is 417 g/mol. The number of hydrogen-bond acceptors (Lipinski definition) is 7. The van der Waals surface area contributed by atoms with Gasteiger partial charge in [-0.1, -0.05) is 6.07 Å². The van der Waals surface area contributed by atoms with Crippen LogP contribution in [-0.4, -0.2) is 30.5 Å². The van der Waals surface area contributed by atoms with Crippen molar-refractivity contribution in [3.05, 3.63) is 59.2 Å². The first-order valence-electron chi connectivity index (χ1n) is 8.29. The summed E-state index contributed by atoms with van der Waals surface area (Å²) in [4.78, 5) is 20.9. The summed E-state index contributed by atoms with van der Waals surface area (Å²) in [6.45, 7) is 1.98. The second-order valence-corrected chi connectivity index (χ2v) is 8.77. The van der Waals surface area contributed by atoms with Crippen LogP contribution >= 0.6 is 11.3 Å². The van der Waals surface area contributed by atoms with Gasteiger partial charge in [-0.3, -0.25) is 9.52 Å². The lowest BCUT2D eigenvalue weighted by molar-refractivity contribution is -0.115. The Labute approximate surface area is 167 Å². The van der Waals surface area contributed by atoms with Gasteiger partial charge in [-0.2, -0.15) is 0 Å². The third-order valence-corrected chi connectivity index (χ3v) is 4.91. The number of benzene rings is 1. The highest BCUT2D eigenvalue weighted by Crippen LogP contribution is 2.21. The predicted molar refractivity (Wildman–Crippen MR) is 112 cm³/mol. The molecule has 0 atom stereocenters. The third-order valence-electron chi connectivity index (χ3n) is 3.49. The zero-order valence-corrected chi connectivity index (χ0v) is 16.9. The fourth-order valence-electron chi connectivity index (χ4n) is 2.40. The summed E-state index contributed by atoms with van der Waals surface area (Å²) in [7, 11) is -3.38. The van der Waals surface area contributed by atoms with Crippen molar-refractivity contribution in [2.45, 2.75) is 13.3 Å². The molecule has 2 heterocycles. The molecule has 0 fully saturated rings. The second-order valence-electron chi connectivity index (χ2n) is 6.17. The first kappa shape index (κ1) is 19.8. The van der Waals surface area contributed by atoms with Crippen molar-refractivity contribution in [2.75, 3.05) is 21.6 Å². The Bertz CT molecular complexity index is 1100. The van der Waals surface area contributed by atoms with Crippen molar-refractivity contribution in [1.29, 1.82) is 0 Å². The van der Waals surface area contributed by atoms with E-state index in [4.69, 9.17) is 0 Å². The minimum Gasteiger partial charge on any atom is -0.326 e. The van der Waals surface area contributed by atoms with Crippen LogP contribution < -0.4 is 15.4 Å². The number of hydrogen-bond donors (Lipinski definition) is 3. The molecule has 8 nitrogen and oxygen atoms in total. The molecule has 0 saturated heterocycles. The molecule has 1 amide bonds. The summed E-state index contributed by atoms with van der Waals surface area (Å²) < 4.78 is 25.0. The van der Waals surface area contributed by atoms with Crippen molar-refractivity contribution in [3.63, 3.8) is 0 Å². The van der Waals surface area contributed by atoms with Crippen LogP contribution in [0, 0.1) is 6.92 Å². The van der Waals surface area contributed by atoms with Gasteiger partial charge in [0.2, 0.25) is 15.9 Å². The molecule has 0 unspecified atom stereocenters. The smallest absolute Gasteiger partial charge is 0.230 e. The van der Waals surface area contributed by atoms with Crippen LogP contribution in [0.5, 0.6) is 0 Å². The average molecular weight is 418 g/mol. The summed E-state index contributed by atoms with van der Waals surface area (Å²) in [5.41, 5.74) is 2.59. The average Bonchev–Trinajstić information content (AvgIpc) is 3.00. The number of anilines is 4. The molecule has 10 heteroatoms. The molecule has 0 aliphatic rings. The summed E-state index contributed by atoms with van der Waals surface area (Å²) in [5, 5.41) is 8.32. The largest absolute Gasteiger partial charge is 0.326 e. The topological polar surface area (TPSA) is 113 Å². The van der Waals surface area contributed by atoms with Crippen LogP contribution in [0.15, 0.2) is 48.0 Å². The van der Waals surface area contributed by atoms with E-state index in [9.17, 15) is 13.2 Å². The van der Waals surface area contributed by atoms with Crippen molar-refractivity contribution in [3.8, 4) is 0 Å². The Morgan fingerprint density at radius 2 is 1.96 bits per heavy atom. The molecule has 0 spiro atoms. The molecule has 3 rings (SSSR count). The summed E-state index contributed by atoms with van der Waals surface area (Å²) in [6, 6.07) is 10.3. The van der Waals surface area contributed by atoms with E-state index in [1.807, 2.05) is 19.1 Å². The molecule has 0 aliphatic carbocycles. The molecule has 146 valence electrons. The molecule has 2 aromatic heterocycles. The summed E-state index contributed by atoms with van der Waals surface area (Å²) >= 11 is 1.39. The second kappa shape index (κ2) is 8.36. The molecule has 0 radical (unpaired) electrons. The summed E-state index contributed by atoms with van der Waals surface area (Å²) in [6.07, 6.45) is 2.88. The number of carbonyl (C=O) groups is 1. The molecule has 0 saturated carbocycles. The van der Waals surface area contributed by atoms with E-state index in [0.717, 1.165) is 11.8 Å². The van der Waals surface area contributed by atoms with Gasteiger partial charge in [-0.05, 0) is 42.8 Å². The molecule has 3 aromatic rings. The zero-order chi connectivity index (χ0) is 20.1.